The van der Waals surface area contributed by atoms with E-state index in [-0.39, 0.29) is 12.5 Å². The fraction of sp³-hybridized carbons (Fsp3) is 0.435. The minimum absolute atomic E-state index is 0.0461. The molecule has 0 heterocycles. The van der Waals surface area contributed by atoms with E-state index in [1.54, 1.807) is 0 Å². The quantitative estimate of drug-likeness (QED) is 0.510. The van der Waals surface area contributed by atoms with Crippen molar-refractivity contribution in [2.24, 2.45) is 0 Å². The highest BCUT2D eigenvalue weighted by Crippen LogP contribution is 2.21. The standard InChI is InChI=1S/C23H32N2O2/c1-4-6-7-8-16-27-21-14-12-20(13-15-21)24-17-22(26)25-23-18(3)10-9-11-19(23)5-2/h9-15,24H,4-8,16-17H2,1-3H3,(H,25,26). The number of hydrogen-bond donors (Lipinski definition) is 2. The molecule has 0 aliphatic heterocycles. The van der Waals surface area contributed by atoms with Gasteiger partial charge in [-0.05, 0) is 55.2 Å². The van der Waals surface area contributed by atoms with Crippen LogP contribution in [0.4, 0.5) is 11.4 Å². The van der Waals surface area contributed by atoms with Crippen molar-refractivity contribution in [1.29, 1.82) is 0 Å². The first-order valence-corrected chi connectivity index (χ1v) is 9.99. The van der Waals surface area contributed by atoms with Crippen molar-refractivity contribution in [2.75, 3.05) is 23.8 Å². The lowest BCUT2D eigenvalue weighted by atomic mass is 10.1. The number of carbonyl (C=O) groups is 1. The first kappa shape index (κ1) is 20.8. The molecule has 0 saturated carbocycles. The number of unbranched alkanes of at least 4 members (excludes halogenated alkanes) is 3. The summed E-state index contributed by atoms with van der Waals surface area (Å²) in [5, 5.41) is 6.20. The molecule has 0 atom stereocenters. The van der Waals surface area contributed by atoms with Gasteiger partial charge in [0.1, 0.15) is 5.75 Å². The van der Waals surface area contributed by atoms with Crippen molar-refractivity contribution in [3.63, 3.8) is 0 Å². The molecule has 0 fully saturated rings. The van der Waals surface area contributed by atoms with E-state index in [0.717, 1.165) is 47.7 Å². The fourth-order valence-electron chi connectivity index (χ4n) is 2.96. The topological polar surface area (TPSA) is 50.4 Å². The van der Waals surface area contributed by atoms with Gasteiger partial charge in [0.05, 0.1) is 13.2 Å². The van der Waals surface area contributed by atoms with Crippen LogP contribution in [-0.4, -0.2) is 19.1 Å². The molecule has 4 nitrogen and oxygen atoms in total. The van der Waals surface area contributed by atoms with Crippen LogP contribution in [0.2, 0.25) is 0 Å². The van der Waals surface area contributed by atoms with Crippen LogP contribution in [0.15, 0.2) is 42.5 Å². The Bertz CT molecular complexity index is 711. The van der Waals surface area contributed by atoms with Crippen LogP contribution in [0, 0.1) is 6.92 Å². The molecule has 0 spiro atoms. The summed E-state index contributed by atoms with van der Waals surface area (Å²) in [5.74, 6) is 0.823. The van der Waals surface area contributed by atoms with Crippen molar-refractivity contribution >= 4 is 17.3 Å². The van der Waals surface area contributed by atoms with Gasteiger partial charge in [0.25, 0.3) is 0 Å². The molecule has 0 aliphatic rings. The monoisotopic (exact) mass is 368 g/mol. The summed E-state index contributed by atoms with van der Waals surface area (Å²) in [6.07, 6.45) is 5.69. The third kappa shape index (κ3) is 6.97. The van der Waals surface area contributed by atoms with E-state index in [9.17, 15) is 4.79 Å². The molecule has 0 aliphatic carbocycles. The summed E-state index contributed by atoms with van der Waals surface area (Å²) in [6, 6.07) is 13.9. The number of para-hydroxylation sites is 1. The number of ether oxygens (including phenoxy) is 1. The minimum Gasteiger partial charge on any atom is -0.494 e. The summed E-state index contributed by atoms with van der Waals surface area (Å²) in [4.78, 5) is 12.3. The summed E-state index contributed by atoms with van der Waals surface area (Å²) < 4.78 is 5.74. The molecule has 0 bridgehead atoms. The van der Waals surface area contributed by atoms with Gasteiger partial charge in [-0.1, -0.05) is 51.3 Å². The Labute approximate surface area is 163 Å². The van der Waals surface area contributed by atoms with Gasteiger partial charge in [-0.15, -0.1) is 0 Å². The van der Waals surface area contributed by atoms with Crippen LogP contribution < -0.4 is 15.4 Å². The third-order valence-corrected chi connectivity index (χ3v) is 4.58. The van der Waals surface area contributed by atoms with Crippen LogP contribution in [-0.2, 0) is 11.2 Å². The van der Waals surface area contributed by atoms with Gasteiger partial charge in [-0.2, -0.15) is 0 Å². The van der Waals surface area contributed by atoms with Crippen molar-refractivity contribution in [1.82, 2.24) is 0 Å². The Morgan fingerprint density at radius 2 is 1.78 bits per heavy atom. The van der Waals surface area contributed by atoms with Crippen molar-refractivity contribution in [3.8, 4) is 5.75 Å². The second-order valence-electron chi connectivity index (χ2n) is 6.80. The molecule has 0 aromatic heterocycles. The van der Waals surface area contributed by atoms with Gasteiger partial charge < -0.3 is 15.4 Å². The van der Waals surface area contributed by atoms with Gasteiger partial charge in [0, 0.05) is 11.4 Å². The number of anilines is 2. The lowest BCUT2D eigenvalue weighted by Gasteiger charge is -2.14. The van der Waals surface area contributed by atoms with Crippen LogP contribution in [0.5, 0.6) is 5.75 Å². The highest BCUT2D eigenvalue weighted by molar-refractivity contribution is 5.95. The maximum absolute atomic E-state index is 12.3. The number of aryl methyl sites for hydroxylation is 2. The first-order chi connectivity index (χ1) is 13.1. The summed E-state index contributed by atoms with van der Waals surface area (Å²) >= 11 is 0. The van der Waals surface area contributed by atoms with E-state index in [2.05, 4.69) is 30.5 Å². The van der Waals surface area contributed by atoms with E-state index < -0.39 is 0 Å². The highest BCUT2D eigenvalue weighted by Gasteiger charge is 2.08. The summed E-state index contributed by atoms with van der Waals surface area (Å²) in [5.41, 5.74) is 4.08. The number of nitrogens with one attached hydrogen (secondary N) is 2. The van der Waals surface area contributed by atoms with Gasteiger partial charge in [-0.25, -0.2) is 0 Å². The Morgan fingerprint density at radius 3 is 2.48 bits per heavy atom. The second-order valence-corrected chi connectivity index (χ2v) is 6.80. The zero-order valence-electron chi connectivity index (χ0n) is 16.8. The maximum Gasteiger partial charge on any atom is 0.243 e. The lowest BCUT2D eigenvalue weighted by molar-refractivity contribution is -0.114. The predicted molar refractivity (Wildman–Crippen MR) is 114 cm³/mol. The van der Waals surface area contributed by atoms with Gasteiger partial charge >= 0.3 is 0 Å². The smallest absolute Gasteiger partial charge is 0.243 e. The van der Waals surface area contributed by atoms with E-state index in [0.29, 0.717) is 0 Å². The predicted octanol–water partition coefficient (Wildman–Crippen LogP) is 5.57. The largest absolute Gasteiger partial charge is 0.494 e. The van der Waals surface area contributed by atoms with Gasteiger partial charge in [-0.3, -0.25) is 4.79 Å². The second kappa shape index (κ2) is 11.3. The molecule has 0 saturated heterocycles. The molecule has 2 aromatic rings. The molecule has 2 N–H and O–H groups in total. The summed E-state index contributed by atoms with van der Waals surface area (Å²) in [6.45, 7) is 7.30. The normalized spacial score (nSPS) is 10.5. The van der Waals surface area contributed by atoms with Crippen molar-refractivity contribution in [3.05, 3.63) is 53.6 Å². The van der Waals surface area contributed by atoms with Gasteiger partial charge in [0.2, 0.25) is 5.91 Å². The number of rotatable bonds is 11. The van der Waals surface area contributed by atoms with Crippen LogP contribution >= 0.6 is 0 Å². The number of hydrogen-bond acceptors (Lipinski definition) is 3. The molecule has 146 valence electrons. The molecule has 4 heteroatoms. The molecule has 27 heavy (non-hydrogen) atoms. The number of amides is 1. The Hall–Kier alpha value is -2.49. The van der Waals surface area contributed by atoms with Gasteiger partial charge in [0.15, 0.2) is 0 Å². The Morgan fingerprint density at radius 1 is 1.00 bits per heavy atom. The fourth-order valence-corrected chi connectivity index (χ4v) is 2.96. The van der Waals surface area contributed by atoms with E-state index >= 15 is 0 Å². The molecular weight excluding hydrogens is 336 g/mol. The average Bonchev–Trinajstić information content (AvgIpc) is 2.68. The number of benzene rings is 2. The lowest BCUT2D eigenvalue weighted by Crippen LogP contribution is -2.22. The maximum atomic E-state index is 12.3. The Balaban J connectivity index is 1.78. The van der Waals surface area contributed by atoms with Crippen LogP contribution in [0.3, 0.4) is 0 Å². The molecule has 0 unspecified atom stereocenters. The highest BCUT2D eigenvalue weighted by atomic mass is 16.5. The molecule has 0 radical (unpaired) electrons. The van der Waals surface area contributed by atoms with Crippen LogP contribution in [0.25, 0.3) is 0 Å². The minimum atomic E-state index is -0.0461. The van der Waals surface area contributed by atoms with Crippen molar-refractivity contribution in [2.45, 2.75) is 52.9 Å². The van der Waals surface area contributed by atoms with E-state index in [1.807, 2.05) is 43.3 Å². The Kier molecular flexibility index (Phi) is 8.69. The zero-order chi connectivity index (χ0) is 19.5. The molecular formula is C23H32N2O2. The van der Waals surface area contributed by atoms with Crippen LogP contribution in [0.1, 0.15) is 50.7 Å². The van der Waals surface area contributed by atoms with E-state index in [4.69, 9.17) is 4.74 Å². The molecule has 2 rings (SSSR count). The molecule has 1 amide bonds. The third-order valence-electron chi connectivity index (χ3n) is 4.58. The summed E-state index contributed by atoms with van der Waals surface area (Å²) in [7, 11) is 0. The zero-order valence-corrected chi connectivity index (χ0v) is 16.8. The molecule has 2 aromatic carbocycles. The SMILES string of the molecule is CCCCCCOc1ccc(NCC(=O)Nc2c(C)cccc2CC)cc1. The van der Waals surface area contributed by atoms with E-state index in [1.165, 1.54) is 19.3 Å². The number of carbonyl (C=O) groups excluding carboxylic acids is 1. The van der Waals surface area contributed by atoms with Crippen molar-refractivity contribution < 1.29 is 9.53 Å². The average molecular weight is 369 g/mol. The first-order valence-electron chi connectivity index (χ1n) is 9.99.